The van der Waals surface area contributed by atoms with Crippen LogP contribution in [0, 0.1) is 0 Å². The van der Waals surface area contributed by atoms with E-state index in [1.807, 2.05) is 18.2 Å². The van der Waals surface area contributed by atoms with Crippen molar-refractivity contribution >= 4 is 51.9 Å². The number of ether oxygens (including phenoxy) is 1. The molecule has 0 amide bonds. The van der Waals surface area contributed by atoms with Gasteiger partial charge in [0.15, 0.2) is 0 Å². The van der Waals surface area contributed by atoms with Gasteiger partial charge >= 0.3 is 5.97 Å². The van der Waals surface area contributed by atoms with E-state index in [0.717, 1.165) is 11.3 Å². The van der Waals surface area contributed by atoms with E-state index in [4.69, 9.17) is 27.9 Å². The van der Waals surface area contributed by atoms with Gasteiger partial charge in [0.1, 0.15) is 4.88 Å². The first-order valence-corrected chi connectivity index (χ1v) is 6.58. The van der Waals surface area contributed by atoms with Crippen LogP contribution in [0.1, 0.15) is 9.67 Å². The van der Waals surface area contributed by atoms with Crippen molar-refractivity contribution in [3.63, 3.8) is 0 Å². The summed E-state index contributed by atoms with van der Waals surface area (Å²) < 4.78 is 5.20. The van der Waals surface area contributed by atoms with Gasteiger partial charge in [0.25, 0.3) is 0 Å². The molecule has 0 aliphatic rings. The topological polar surface area (TPSA) is 38.3 Å². The average Bonchev–Trinajstić information content (AvgIpc) is 2.72. The van der Waals surface area contributed by atoms with Gasteiger partial charge in [-0.15, -0.1) is 11.3 Å². The molecule has 1 N–H and O–H groups in total. The number of para-hydroxylation sites is 1. The second-order valence-electron chi connectivity index (χ2n) is 3.39. The highest BCUT2D eigenvalue weighted by molar-refractivity contribution is 7.18. The molecule has 3 nitrogen and oxygen atoms in total. The molecule has 0 aliphatic heterocycles. The van der Waals surface area contributed by atoms with E-state index in [9.17, 15) is 4.79 Å². The Morgan fingerprint density at radius 1 is 1.28 bits per heavy atom. The number of carbonyl (C=O) groups excluding carboxylic acids is 1. The van der Waals surface area contributed by atoms with Crippen LogP contribution >= 0.6 is 34.5 Å². The Labute approximate surface area is 118 Å². The van der Waals surface area contributed by atoms with Crippen LogP contribution in [-0.2, 0) is 4.74 Å². The predicted molar refractivity (Wildman–Crippen MR) is 75.4 cm³/mol. The second kappa shape index (κ2) is 5.61. The summed E-state index contributed by atoms with van der Waals surface area (Å²) in [6.45, 7) is 0. The van der Waals surface area contributed by atoms with Gasteiger partial charge in [-0.1, -0.05) is 35.3 Å². The van der Waals surface area contributed by atoms with E-state index in [-0.39, 0.29) is 0 Å². The molecular weight excluding hydrogens is 293 g/mol. The summed E-state index contributed by atoms with van der Waals surface area (Å²) in [5, 5.41) is 3.64. The summed E-state index contributed by atoms with van der Waals surface area (Å²) >= 11 is 13.1. The summed E-state index contributed by atoms with van der Waals surface area (Å²) in [5.74, 6) is -0.429. The van der Waals surface area contributed by atoms with Crippen molar-refractivity contribution in [2.45, 2.75) is 0 Å². The molecule has 0 saturated heterocycles. The summed E-state index contributed by atoms with van der Waals surface area (Å²) in [6.07, 6.45) is 0. The Hall–Kier alpha value is -1.23. The number of hydrogen-bond donors (Lipinski definition) is 1. The van der Waals surface area contributed by atoms with E-state index in [1.54, 1.807) is 12.1 Å². The number of rotatable bonds is 3. The Kier molecular flexibility index (Phi) is 4.11. The normalized spacial score (nSPS) is 10.2. The van der Waals surface area contributed by atoms with Crippen LogP contribution in [0.15, 0.2) is 30.3 Å². The lowest BCUT2D eigenvalue weighted by Gasteiger charge is -2.07. The largest absolute Gasteiger partial charge is 0.465 e. The molecule has 2 rings (SSSR count). The van der Waals surface area contributed by atoms with Crippen LogP contribution in [0.2, 0.25) is 9.36 Å². The maximum Gasteiger partial charge on any atom is 0.350 e. The molecule has 6 heteroatoms. The summed E-state index contributed by atoms with van der Waals surface area (Å²) in [4.78, 5) is 12.0. The molecule has 0 unspecified atom stereocenters. The fourth-order valence-electron chi connectivity index (χ4n) is 1.41. The summed E-state index contributed by atoms with van der Waals surface area (Å²) in [6, 6.07) is 8.92. The molecule has 0 fully saturated rings. The number of thiophene rings is 1. The van der Waals surface area contributed by atoms with E-state index in [1.165, 1.54) is 7.11 Å². The molecule has 0 spiro atoms. The Balaban J connectivity index is 2.35. The fraction of sp³-hybridized carbons (Fsp3) is 0.0833. The third-order valence-corrected chi connectivity index (χ3v) is 3.79. The number of nitrogens with one attached hydrogen (secondary N) is 1. The molecular formula is C12H9Cl2NO2S. The van der Waals surface area contributed by atoms with Gasteiger partial charge in [0, 0.05) is 0 Å². The van der Waals surface area contributed by atoms with E-state index >= 15 is 0 Å². The average molecular weight is 302 g/mol. The smallest absolute Gasteiger partial charge is 0.350 e. The van der Waals surface area contributed by atoms with Crippen molar-refractivity contribution in [3.8, 4) is 0 Å². The number of benzene rings is 1. The van der Waals surface area contributed by atoms with Gasteiger partial charge in [-0.05, 0) is 18.2 Å². The maximum absolute atomic E-state index is 11.6. The van der Waals surface area contributed by atoms with Crippen LogP contribution < -0.4 is 5.32 Å². The molecule has 1 aromatic heterocycles. The summed E-state index contributed by atoms with van der Waals surface area (Å²) in [5.41, 5.74) is 1.30. The number of methoxy groups -OCH3 is 1. The van der Waals surface area contributed by atoms with Crippen molar-refractivity contribution in [2.75, 3.05) is 12.4 Å². The van der Waals surface area contributed by atoms with Gasteiger partial charge in [0.2, 0.25) is 0 Å². The molecule has 0 bridgehead atoms. The third kappa shape index (κ3) is 2.77. The number of hydrogen-bond acceptors (Lipinski definition) is 4. The van der Waals surface area contributed by atoms with E-state index < -0.39 is 5.97 Å². The lowest BCUT2D eigenvalue weighted by molar-refractivity contribution is 0.0607. The number of halogens is 2. The maximum atomic E-state index is 11.6. The molecule has 0 aliphatic carbocycles. The molecule has 18 heavy (non-hydrogen) atoms. The number of esters is 1. The van der Waals surface area contributed by atoms with Gasteiger partial charge in [0.05, 0.1) is 27.8 Å². The zero-order valence-corrected chi connectivity index (χ0v) is 11.7. The molecule has 0 saturated carbocycles. The van der Waals surface area contributed by atoms with Crippen LogP contribution in [0.4, 0.5) is 11.4 Å². The minimum atomic E-state index is -0.429. The Morgan fingerprint density at radius 3 is 2.67 bits per heavy atom. The van der Waals surface area contributed by atoms with Gasteiger partial charge in [-0.25, -0.2) is 4.79 Å². The highest BCUT2D eigenvalue weighted by Crippen LogP contribution is 2.35. The molecule has 0 atom stereocenters. The van der Waals surface area contributed by atoms with Crippen molar-refractivity contribution < 1.29 is 9.53 Å². The minimum absolute atomic E-state index is 0.419. The molecule has 94 valence electrons. The minimum Gasteiger partial charge on any atom is -0.465 e. The Bertz CT molecular complexity index is 583. The van der Waals surface area contributed by atoms with Crippen LogP contribution in [0.25, 0.3) is 0 Å². The Morgan fingerprint density at radius 2 is 2.00 bits per heavy atom. The molecule has 2 aromatic rings. The van der Waals surface area contributed by atoms with Crippen LogP contribution in [0.5, 0.6) is 0 Å². The standard InChI is InChI=1S/C12H9Cl2NO2S/c1-17-12(16)11-9(6-10(14)18-11)15-8-5-3-2-4-7(8)13/h2-6,15H,1H3. The monoisotopic (exact) mass is 301 g/mol. The highest BCUT2D eigenvalue weighted by Gasteiger charge is 2.17. The first kappa shape index (κ1) is 13.2. The van der Waals surface area contributed by atoms with Gasteiger partial charge < -0.3 is 10.1 Å². The van der Waals surface area contributed by atoms with Crippen molar-refractivity contribution in [3.05, 3.63) is 44.6 Å². The zero-order chi connectivity index (χ0) is 13.1. The third-order valence-electron chi connectivity index (χ3n) is 2.22. The summed E-state index contributed by atoms with van der Waals surface area (Å²) in [7, 11) is 1.33. The zero-order valence-electron chi connectivity index (χ0n) is 9.37. The second-order valence-corrected chi connectivity index (χ2v) is 5.48. The van der Waals surface area contributed by atoms with Crippen molar-refractivity contribution in [1.82, 2.24) is 0 Å². The van der Waals surface area contributed by atoms with E-state index in [0.29, 0.717) is 25.6 Å². The number of carbonyl (C=O) groups is 1. The molecule has 1 heterocycles. The van der Waals surface area contributed by atoms with E-state index in [2.05, 4.69) is 5.32 Å². The molecule has 0 radical (unpaired) electrons. The quantitative estimate of drug-likeness (QED) is 0.843. The van der Waals surface area contributed by atoms with Gasteiger partial charge in [-0.2, -0.15) is 0 Å². The van der Waals surface area contributed by atoms with Gasteiger partial charge in [-0.3, -0.25) is 0 Å². The van der Waals surface area contributed by atoms with Crippen molar-refractivity contribution in [1.29, 1.82) is 0 Å². The van der Waals surface area contributed by atoms with Crippen molar-refractivity contribution in [2.24, 2.45) is 0 Å². The first-order chi connectivity index (χ1) is 8.61. The fourth-order valence-corrected chi connectivity index (χ4v) is 2.69. The molecule has 1 aromatic carbocycles. The SMILES string of the molecule is COC(=O)c1sc(Cl)cc1Nc1ccccc1Cl. The first-order valence-electron chi connectivity index (χ1n) is 5.01. The lowest BCUT2D eigenvalue weighted by atomic mass is 10.3. The van der Waals surface area contributed by atoms with Crippen LogP contribution in [0.3, 0.4) is 0 Å². The number of anilines is 2. The lowest BCUT2D eigenvalue weighted by Crippen LogP contribution is -2.02. The van der Waals surface area contributed by atoms with Crippen LogP contribution in [-0.4, -0.2) is 13.1 Å². The predicted octanol–water partition coefficient (Wildman–Crippen LogP) is 4.59. The highest BCUT2D eigenvalue weighted by atomic mass is 35.5.